The zero-order valence-corrected chi connectivity index (χ0v) is 14.3. The van der Waals surface area contributed by atoms with Gasteiger partial charge in [0.05, 0.1) is 5.69 Å². The molecule has 2 aromatic carbocycles. The molecule has 0 radical (unpaired) electrons. The van der Waals surface area contributed by atoms with Gasteiger partial charge in [0, 0.05) is 32.1 Å². The summed E-state index contributed by atoms with van der Waals surface area (Å²) in [4.78, 5) is 5.89. The molecule has 3 heterocycles. The number of thiophene rings is 1. The van der Waals surface area contributed by atoms with Gasteiger partial charge < -0.3 is 4.42 Å². The number of aryl methyl sites for hydroxylation is 2. The van der Waals surface area contributed by atoms with E-state index in [1.165, 1.54) is 20.3 Å². The lowest BCUT2D eigenvalue weighted by Gasteiger charge is -2.02. The van der Waals surface area contributed by atoms with Crippen molar-refractivity contribution in [1.82, 2.24) is 4.98 Å². The molecular formula is C21H15NOS. The fourth-order valence-corrected chi connectivity index (χ4v) is 4.23. The minimum absolute atomic E-state index is 0.915. The smallest absolute Gasteiger partial charge is 0.144 e. The predicted octanol–water partition coefficient (Wildman–Crippen LogP) is 6.48. The van der Waals surface area contributed by atoms with E-state index in [-0.39, 0.29) is 0 Å². The van der Waals surface area contributed by atoms with Gasteiger partial charge >= 0.3 is 0 Å². The molecule has 24 heavy (non-hydrogen) atoms. The highest BCUT2D eigenvalue weighted by molar-refractivity contribution is 7.19. The topological polar surface area (TPSA) is 26.0 Å². The molecule has 0 aliphatic heterocycles. The maximum atomic E-state index is 6.25. The zero-order chi connectivity index (χ0) is 16.3. The first-order chi connectivity index (χ1) is 11.7. The van der Waals surface area contributed by atoms with Gasteiger partial charge in [0.2, 0.25) is 0 Å². The number of hydrogen-bond acceptors (Lipinski definition) is 3. The first-order valence-corrected chi connectivity index (χ1v) is 8.79. The van der Waals surface area contributed by atoms with E-state index in [9.17, 15) is 0 Å². The van der Waals surface area contributed by atoms with Crippen LogP contribution in [0.25, 0.3) is 43.3 Å². The number of benzene rings is 2. The Hall–Kier alpha value is -2.65. The Balaban J connectivity index is 1.85. The van der Waals surface area contributed by atoms with Gasteiger partial charge in [-0.05, 0) is 55.1 Å². The van der Waals surface area contributed by atoms with Gasteiger partial charge in [0.25, 0.3) is 0 Å². The molecule has 3 aromatic heterocycles. The summed E-state index contributed by atoms with van der Waals surface area (Å²) in [7, 11) is 0. The lowest BCUT2D eigenvalue weighted by molar-refractivity contribution is 0.670. The molecule has 0 unspecified atom stereocenters. The SMILES string of the molecule is Cc1ccc(-c2cccc3c2oc2cc4sc(C)cc4cc23)nc1. The average molecular weight is 329 g/mol. The monoisotopic (exact) mass is 329 g/mol. The van der Waals surface area contributed by atoms with Gasteiger partial charge in [-0.15, -0.1) is 11.3 Å². The van der Waals surface area contributed by atoms with Crippen LogP contribution < -0.4 is 0 Å². The van der Waals surface area contributed by atoms with Crippen LogP contribution in [0.4, 0.5) is 0 Å². The van der Waals surface area contributed by atoms with Crippen molar-refractivity contribution in [2.45, 2.75) is 13.8 Å². The standard InChI is InChI=1S/C21H15NOS/c1-12-6-7-18(22-11-12)16-5-3-4-15-17-9-14-8-13(2)24-20(14)10-19(17)23-21(15)16/h3-11H,1-2H3. The van der Waals surface area contributed by atoms with Crippen molar-refractivity contribution < 1.29 is 4.42 Å². The molecule has 3 heteroatoms. The minimum atomic E-state index is 0.915. The van der Waals surface area contributed by atoms with Gasteiger partial charge in [-0.3, -0.25) is 4.98 Å². The van der Waals surface area contributed by atoms with Crippen LogP contribution in [0, 0.1) is 13.8 Å². The molecule has 116 valence electrons. The van der Waals surface area contributed by atoms with E-state index in [2.05, 4.69) is 60.4 Å². The van der Waals surface area contributed by atoms with Gasteiger partial charge in [-0.2, -0.15) is 0 Å². The summed E-state index contributed by atoms with van der Waals surface area (Å²) in [6, 6.07) is 17.1. The molecule has 5 aromatic rings. The lowest BCUT2D eigenvalue weighted by atomic mass is 10.1. The summed E-state index contributed by atoms with van der Waals surface area (Å²) >= 11 is 1.81. The second-order valence-corrected chi connectivity index (χ2v) is 7.54. The normalized spacial score (nSPS) is 11.8. The van der Waals surface area contributed by atoms with Crippen molar-refractivity contribution >= 4 is 43.4 Å². The second kappa shape index (κ2) is 4.92. The maximum Gasteiger partial charge on any atom is 0.144 e. The van der Waals surface area contributed by atoms with E-state index in [1.807, 2.05) is 13.1 Å². The van der Waals surface area contributed by atoms with Crippen molar-refractivity contribution in [3.8, 4) is 11.3 Å². The highest BCUT2D eigenvalue weighted by atomic mass is 32.1. The van der Waals surface area contributed by atoms with Gasteiger partial charge in [0.15, 0.2) is 0 Å². The number of aromatic nitrogens is 1. The van der Waals surface area contributed by atoms with Gasteiger partial charge in [-0.1, -0.05) is 18.2 Å². The summed E-state index contributed by atoms with van der Waals surface area (Å²) in [5, 5.41) is 3.60. The molecule has 0 aliphatic rings. The summed E-state index contributed by atoms with van der Waals surface area (Å²) in [6.45, 7) is 4.19. The Morgan fingerprint density at radius 3 is 2.71 bits per heavy atom. The molecule has 0 N–H and O–H groups in total. The van der Waals surface area contributed by atoms with Crippen LogP contribution in [-0.2, 0) is 0 Å². The lowest BCUT2D eigenvalue weighted by Crippen LogP contribution is -1.84. The van der Waals surface area contributed by atoms with E-state index < -0.39 is 0 Å². The molecule has 0 bridgehead atoms. The molecule has 0 amide bonds. The third-order valence-corrected chi connectivity index (χ3v) is 5.46. The number of furan rings is 1. The highest BCUT2D eigenvalue weighted by Gasteiger charge is 2.14. The van der Waals surface area contributed by atoms with E-state index in [1.54, 1.807) is 11.3 Å². The molecule has 0 atom stereocenters. The number of pyridine rings is 1. The van der Waals surface area contributed by atoms with Crippen molar-refractivity contribution in [2.75, 3.05) is 0 Å². The fraction of sp³-hybridized carbons (Fsp3) is 0.0952. The molecule has 5 rings (SSSR count). The molecule has 0 saturated heterocycles. The van der Waals surface area contributed by atoms with Crippen molar-refractivity contribution in [2.24, 2.45) is 0 Å². The van der Waals surface area contributed by atoms with Crippen molar-refractivity contribution in [3.63, 3.8) is 0 Å². The first-order valence-electron chi connectivity index (χ1n) is 7.97. The zero-order valence-electron chi connectivity index (χ0n) is 13.5. The third kappa shape index (κ3) is 1.98. The molecule has 0 spiro atoms. The third-order valence-electron chi connectivity index (χ3n) is 4.45. The Morgan fingerprint density at radius 2 is 1.88 bits per heavy atom. The Morgan fingerprint density at radius 1 is 0.958 bits per heavy atom. The molecule has 0 fully saturated rings. The average Bonchev–Trinajstić information content (AvgIpc) is 3.11. The summed E-state index contributed by atoms with van der Waals surface area (Å²) in [5.74, 6) is 0. The van der Waals surface area contributed by atoms with E-state index in [0.29, 0.717) is 0 Å². The number of para-hydroxylation sites is 1. The largest absolute Gasteiger partial charge is 0.455 e. The highest BCUT2D eigenvalue weighted by Crippen LogP contribution is 2.38. The predicted molar refractivity (Wildman–Crippen MR) is 102 cm³/mol. The fourth-order valence-electron chi connectivity index (χ4n) is 3.29. The Bertz CT molecular complexity index is 1210. The van der Waals surface area contributed by atoms with E-state index >= 15 is 0 Å². The number of nitrogens with zero attached hydrogens (tertiary/aromatic N) is 1. The molecular weight excluding hydrogens is 314 g/mol. The molecule has 2 nitrogen and oxygen atoms in total. The second-order valence-electron chi connectivity index (χ2n) is 6.25. The van der Waals surface area contributed by atoms with Crippen LogP contribution in [0.5, 0.6) is 0 Å². The maximum absolute atomic E-state index is 6.25. The van der Waals surface area contributed by atoms with Gasteiger partial charge in [-0.25, -0.2) is 0 Å². The van der Waals surface area contributed by atoms with Gasteiger partial charge in [0.1, 0.15) is 11.2 Å². The Kier molecular flexibility index (Phi) is 2.82. The van der Waals surface area contributed by atoms with E-state index in [0.717, 1.165) is 33.4 Å². The van der Waals surface area contributed by atoms with Crippen molar-refractivity contribution in [1.29, 1.82) is 0 Å². The number of hydrogen-bond donors (Lipinski definition) is 0. The van der Waals surface area contributed by atoms with Crippen molar-refractivity contribution in [3.05, 3.63) is 65.2 Å². The summed E-state index contributed by atoms with van der Waals surface area (Å²) in [5.41, 5.74) is 5.01. The van der Waals surface area contributed by atoms with Crippen LogP contribution in [-0.4, -0.2) is 4.98 Å². The summed E-state index contributed by atoms with van der Waals surface area (Å²) < 4.78 is 7.52. The first kappa shape index (κ1) is 13.8. The molecule has 0 saturated carbocycles. The number of fused-ring (bicyclic) bond motifs is 4. The number of rotatable bonds is 1. The van der Waals surface area contributed by atoms with Crippen LogP contribution in [0.1, 0.15) is 10.4 Å². The van der Waals surface area contributed by atoms with Crippen LogP contribution >= 0.6 is 11.3 Å². The quantitative estimate of drug-likeness (QED) is 0.352. The summed E-state index contributed by atoms with van der Waals surface area (Å²) in [6.07, 6.45) is 1.90. The van der Waals surface area contributed by atoms with Crippen LogP contribution in [0.15, 0.2) is 59.1 Å². The van der Waals surface area contributed by atoms with Crippen LogP contribution in [0.2, 0.25) is 0 Å². The Labute approximate surface area is 143 Å². The minimum Gasteiger partial charge on any atom is -0.455 e. The van der Waals surface area contributed by atoms with Crippen LogP contribution in [0.3, 0.4) is 0 Å². The van der Waals surface area contributed by atoms with E-state index in [4.69, 9.17) is 4.42 Å². The molecule has 0 aliphatic carbocycles.